The minimum absolute atomic E-state index is 0.282. The molecule has 5 heteroatoms. The molecule has 118 valence electrons. The molecule has 1 aromatic carbocycles. The first-order valence-electron chi connectivity index (χ1n) is 7.63. The first kappa shape index (κ1) is 15.2. The third-order valence-corrected chi connectivity index (χ3v) is 3.67. The Bertz CT molecular complexity index is 853. The monoisotopic (exact) mass is 311 g/mol. The fourth-order valence-corrected chi connectivity index (χ4v) is 2.55. The van der Waals surface area contributed by atoms with Crippen LogP contribution in [0.3, 0.4) is 0 Å². The summed E-state index contributed by atoms with van der Waals surface area (Å²) in [7, 11) is 0. The summed E-state index contributed by atoms with van der Waals surface area (Å²) in [5.41, 5.74) is 3.47. The zero-order valence-corrected chi connectivity index (χ0v) is 13.1. The molecular weight excluding hydrogens is 293 g/mol. The normalized spacial score (nSPS) is 10.9. The molecule has 3 rings (SSSR count). The summed E-state index contributed by atoms with van der Waals surface area (Å²) in [4.78, 5) is 17.1. The molecular formula is C18H18FN3O. The van der Waals surface area contributed by atoms with Crippen LogP contribution in [0.1, 0.15) is 35.1 Å². The van der Waals surface area contributed by atoms with Crippen molar-refractivity contribution < 1.29 is 9.18 Å². The molecule has 0 aliphatic rings. The number of amides is 1. The molecule has 0 fully saturated rings. The highest BCUT2D eigenvalue weighted by molar-refractivity contribution is 6.04. The molecule has 0 aliphatic carbocycles. The molecule has 0 atom stereocenters. The summed E-state index contributed by atoms with van der Waals surface area (Å²) in [6.45, 7) is 4.00. The van der Waals surface area contributed by atoms with E-state index >= 15 is 0 Å². The summed E-state index contributed by atoms with van der Waals surface area (Å²) in [5.74, 6) is -0.683. The Hall–Kier alpha value is -2.69. The second-order valence-electron chi connectivity index (χ2n) is 5.55. The van der Waals surface area contributed by atoms with E-state index in [0.717, 1.165) is 12.0 Å². The maximum absolute atomic E-state index is 13.6. The number of rotatable bonds is 4. The van der Waals surface area contributed by atoms with E-state index in [1.807, 2.05) is 38.1 Å². The lowest BCUT2D eigenvalue weighted by Crippen LogP contribution is -2.16. The molecule has 0 unspecified atom stereocenters. The number of carbonyl (C=O) groups is 1. The molecule has 0 spiro atoms. The zero-order valence-electron chi connectivity index (χ0n) is 13.1. The van der Waals surface area contributed by atoms with E-state index in [1.54, 1.807) is 6.07 Å². The van der Waals surface area contributed by atoms with Crippen LogP contribution in [0.15, 0.2) is 42.6 Å². The van der Waals surface area contributed by atoms with E-state index in [9.17, 15) is 9.18 Å². The maximum atomic E-state index is 13.6. The number of benzene rings is 1. The second kappa shape index (κ2) is 6.20. The first-order chi connectivity index (χ1) is 11.1. The molecule has 0 saturated heterocycles. The number of anilines is 1. The van der Waals surface area contributed by atoms with Crippen molar-refractivity contribution in [2.75, 3.05) is 5.32 Å². The number of pyridine rings is 1. The van der Waals surface area contributed by atoms with Crippen molar-refractivity contribution in [2.45, 2.75) is 26.7 Å². The van der Waals surface area contributed by atoms with Gasteiger partial charge in [0.05, 0.1) is 5.69 Å². The van der Waals surface area contributed by atoms with Gasteiger partial charge >= 0.3 is 0 Å². The number of carbonyl (C=O) groups excluding carboxylic acids is 1. The minimum Gasteiger partial charge on any atom is -0.321 e. The van der Waals surface area contributed by atoms with Crippen molar-refractivity contribution >= 4 is 17.2 Å². The number of hydrogen-bond donors (Lipinski definition) is 1. The van der Waals surface area contributed by atoms with Crippen LogP contribution < -0.4 is 5.32 Å². The van der Waals surface area contributed by atoms with Crippen molar-refractivity contribution in [2.24, 2.45) is 0 Å². The lowest BCUT2D eigenvalue weighted by molar-refractivity contribution is 0.102. The van der Waals surface area contributed by atoms with Crippen LogP contribution in [0.5, 0.6) is 0 Å². The largest absolute Gasteiger partial charge is 0.321 e. The predicted molar refractivity (Wildman–Crippen MR) is 88.3 cm³/mol. The van der Waals surface area contributed by atoms with Crippen LogP contribution in [0, 0.1) is 12.7 Å². The molecule has 1 N–H and O–H groups in total. The quantitative estimate of drug-likeness (QED) is 0.792. The number of halogens is 1. The van der Waals surface area contributed by atoms with Gasteiger partial charge in [0, 0.05) is 11.9 Å². The zero-order chi connectivity index (χ0) is 16.4. The standard InChI is InChI=1S/C18H18FN3O/c1-3-4-15-17(22-11-13(19)7-10-16(22)21-15)18(23)20-14-8-5-12(2)6-9-14/h5-11H,3-4H2,1-2H3,(H,20,23). The summed E-state index contributed by atoms with van der Waals surface area (Å²) in [5, 5.41) is 2.86. The highest BCUT2D eigenvalue weighted by atomic mass is 19.1. The lowest BCUT2D eigenvalue weighted by atomic mass is 10.2. The van der Waals surface area contributed by atoms with Crippen LogP contribution in [-0.2, 0) is 6.42 Å². The van der Waals surface area contributed by atoms with Crippen molar-refractivity contribution in [1.82, 2.24) is 9.38 Å². The minimum atomic E-state index is -0.401. The fraction of sp³-hybridized carbons (Fsp3) is 0.222. The molecule has 0 aliphatic heterocycles. The van der Waals surface area contributed by atoms with Crippen LogP contribution in [0.25, 0.3) is 5.65 Å². The lowest BCUT2D eigenvalue weighted by Gasteiger charge is -2.07. The number of aryl methyl sites for hydroxylation is 2. The fourth-order valence-electron chi connectivity index (χ4n) is 2.55. The van der Waals surface area contributed by atoms with Crippen molar-refractivity contribution in [1.29, 1.82) is 0 Å². The number of nitrogens with zero attached hydrogens (tertiary/aromatic N) is 2. The number of fused-ring (bicyclic) bond motifs is 1. The molecule has 0 bridgehead atoms. The molecule has 0 saturated carbocycles. The van der Waals surface area contributed by atoms with Gasteiger partial charge in [-0.05, 0) is 37.6 Å². The smallest absolute Gasteiger partial charge is 0.274 e. The molecule has 2 aromatic heterocycles. The van der Waals surface area contributed by atoms with Crippen LogP contribution in [0.4, 0.5) is 10.1 Å². The molecule has 4 nitrogen and oxygen atoms in total. The summed E-state index contributed by atoms with van der Waals surface area (Å²) >= 11 is 0. The van der Waals surface area contributed by atoms with Gasteiger partial charge in [-0.25, -0.2) is 9.37 Å². The van der Waals surface area contributed by atoms with Crippen LogP contribution >= 0.6 is 0 Å². The van der Waals surface area contributed by atoms with Gasteiger partial charge in [-0.15, -0.1) is 0 Å². The van der Waals surface area contributed by atoms with E-state index in [4.69, 9.17) is 0 Å². The van der Waals surface area contributed by atoms with Gasteiger partial charge in [0.2, 0.25) is 0 Å². The highest BCUT2D eigenvalue weighted by Gasteiger charge is 2.19. The second-order valence-corrected chi connectivity index (χ2v) is 5.55. The molecule has 23 heavy (non-hydrogen) atoms. The summed E-state index contributed by atoms with van der Waals surface area (Å²) in [6.07, 6.45) is 2.82. The molecule has 2 heterocycles. The Balaban J connectivity index is 2.02. The maximum Gasteiger partial charge on any atom is 0.274 e. The number of imidazole rings is 1. The third-order valence-electron chi connectivity index (χ3n) is 3.67. The van der Waals surface area contributed by atoms with Gasteiger partial charge in [-0.3, -0.25) is 9.20 Å². The highest BCUT2D eigenvalue weighted by Crippen LogP contribution is 2.18. The van der Waals surface area contributed by atoms with Crippen molar-refractivity contribution in [3.05, 3.63) is 65.4 Å². The van der Waals surface area contributed by atoms with Crippen molar-refractivity contribution in [3.63, 3.8) is 0 Å². The topological polar surface area (TPSA) is 46.4 Å². The van der Waals surface area contributed by atoms with Gasteiger partial charge < -0.3 is 5.32 Å². The number of nitrogens with one attached hydrogen (secondary N) is 1. The van der Waals surface area contributed by atoms with Gasteiger partial charge in [-0.2, -0.15) is 0 Å². The average molecular weight is 311 g/mol. The summed E-state index contributed by atoms with van der Waals surface area (Å²) < 4.78 is 15.1. The van der Waals surface area contributed by atoms with E-state index < -0.39 is 5.82 Å². The third kappa shape index (κ3) is 3.08. The molecule has 3 aromatic rings. The Morgan fingerprint density at radius 1 is 1.22 bits per heavy atom. The van der Waals surface area contributed by atoms with Crippen molar-refractivity contribution in [3.8, 4) is 0 Å². The SMILES string of the molecule is CCCc1nc2ccc(F)cn2c1C(=O)Nc1ccc(C)cc1. The van der Waals surface area contributed by atoms with Crippen LogP contribution in [-0.4, -0.2) is 15.3 Å². The Kier molecular flexibility index (Phi) is 4.10. The van der Waals surface area contributed by atoms with Gasteiger partial charge in [-0.1, -0.05) is 31.0 Å². The van der Waals surface area contributed by atoms with E-state index in [-0.39, 0.29) is 5.91 Å². The Morgan fingerprint density at radius 2 is 1.96 bits per heavy atom. The Morgan fingerprint density at radius 3 is 2.65 bits per heavy atom. The first-order valence-corrected chi connectivity index (χ1v) is 7.63. The summed E-state index contributed by atoms with van der Waals surface area (Å²) in [6, 6.07) is 10.5. The number of hydrogen-bond acceptors (Lipinski definition) is 2. The van der Waals surface area contributed by atoms with Gasteiger partial charge in [0.15, 0.2) is 0 Å². The van der Waals surface area contributed by atoms with E-state index in [2.05, 4.69) is 10.3 Å². The number of aromatic nitrogens is 2. The van der Waals surface area contributed by atoms with Crippen LogP contribution in [0.2, 0.25) is 0 Å². The predicted octanol–water partition coefficient (Wildman–Crippen LogP) is 3.99. The van der Waals surface area contributed by atoms with Gasteiger partial charge in [0.25, 0.3) is 5.91 Å². The Labute approximate surface area is 134 Å². The average Bonchev–Trinajstić information content (AvgIpc) is 2.87. The van der Waals surface area contributed by atoms with E-state index in [1.165, 1.54) is 16.7 Å². The van der Waals surface area contributed by atoms with E-state index in [0.29, 0.717) is 29.1 Å². The molecule has 1 amide bonds. The van der Waals surface area contributed by atoms with Gasteiger partial charge in [0.1, 0.15) is 17.2 Å². The molecule has 0 radical (unpaired) electrons.